The molecule has 2 rings (SSSR count). The highest BCUT2D eigenvalue weighted by atomic mass is 32.1. The minimum atomic E-state index is 0.663. The van der Waals surface area contributed by atoms with Gasteiger partial charge in [0.15, 0.2) is 0 Å². The van der Waals surface area contributed by atoms with Crippen molar-refractivity contribution < 1.29 is 0 Å². The molecule has 2 heterocycles. The van der Waals surface area contributed by atoms with E-state index in [1.54, 1.807) is 11.3 Å². The zero-order valence-corrected chi connectivity index (χ0v) is 10.2. The second-order valence-electron chi connectivity index (χ2n) is 4.57. The number of rotatable bonds is 4. The molecule has 0 aliphatic carbocycles. The van der Waals surface area contributed by atoms with E-state index in [1.807, 2.05) is 0 Å². The van der Waals surface area contributed by atoms with Gasteiger partial charge in [0.2, 0.25) is 0 Å². The van der Waals surface area contributed by atoms with Crippen molar-refractivity contribution in [1.29, 1.82) is 0 Å². The molecule has 15 heavy (non-hydrogen) atoms. The smallest absolute Gasteiger partial charge is 0.0108 e. The maximum Gasteiger partial charge on any atom is 0.0108 e. The van der Waals surface area contributed by atoms with E-state index in [2.05, 4.69) is 28.7 Å². The van der Waals surface area contributed by atoms with E-state index in [1.165, 1.54) is 31.5 Å². The highest BCUT2D eigenvalue weighted by Gasteiger charge is 2.24. The average Bonchev–Trinajstić information content (AvgIpc) is 2.86. The molecule has 1 fully saturated rings. The number of nitrogens with two attached hydrogens (primary N) is 1. The van der Waals surface area contributed by atoms with Crippen LogP contribution >= 0.6 is 11.3 Å². The first-order valence-corrected chi connectivity index (χ1v) is 6.69. The summed E-state index contributed by atoms with van der Waals surface area (Å²) in [6.45, 7) is 5.60. The van der Waals surface area contributed by atoms with Crippen LogP contribution in [0.4, 0.5) is 0 Å². The highest BCUT2D eigenvalue weighted by molar-refractivity contribution is 7.07. The van der Waals surface area contributed by atoms with Gasteiger partial charge in [-0.25, -0.2) is 0 Å². The molecule has 2 N–H and O–H groups in total. The van der Waals surface area contributed by atoms with Gasteiger partial charge < -0.3 is 5.73 Å². The monoisotopic (exact) mass is 224 g/mol. The van der Waals surface area contributed by atoms with Crippen LogP contribution in [-0.2, 0) is 6.42 Å². The lowest BCUT2D eigenvalue weighted by molar-refractivity contribution is 0.248. The van der Waals surface area contributed by atoms with Gasteiger partial charge in [0.05, 0.1) is 0 Å². The predicted octanol–water partition coefficient (Wildman–Crippen LogP) is 1.96. The Hall–Kier alpha value is -0.380. The van der Waals surface area contributed by atoms with Crippen molar-refractivity contribution in [2.24, 2.45) is 11.7 Å². The number of likely N-dealkylation sites (tertiary alicyclic amines) is 1. The third kappa shape index (κ3) is 2.80. The molecule has 1 saturated heterocycles. The molecule has 84 valence electrons. The van der Waals surface area contributed by atoms with E-state index in [0.717, 1.165) is 12.5 Å². The van der Waals surface area contributed by atoms with Crippen LogP contribution < -0.4 is 5.73 Å². The first-order chi connectivity index (χ1) is 7.29. The van der Waals surface area contributed by atoms with Gasteiger partial charge in [-0.2, -0.15) is 11.3 Å². The Morgan fingerprint density at radius 1 is 1.67 bits per heavy atom. The van der Waals surface area contributed by atoms with Crippen molar-refractivity contribution in [3.8, 4) is 0 Å². The summed E-state index contributed by atoms with van der Waals surface area (Å²) in [5.74, 6) is 0.731. The van der Waals surface area contributed by atoms with Gasteiger partial charge in [-0.1, -0.05) is 0 Å². The van der Waals surface area contributed by atoms with E-state index in [-0.39, 0.29) is 0 Å². The van der Waals surface area contributed by atoms with Crippen LogP contribution in [-0.4, -0.2) is 30.6 Å². The van der Waals surface area contributed by atoms with Crippen LogP contribution in [0.3, 0.4) is 0 Å². The van der Waals surface area contributed by atoms with Gasteiger partial charge in [0.1, 0.15) is 0 Å². The Labute approximate surface area is 96.1 Å². The van der Waals surface area contributed by atoms with Gasteiger partial charge in [0, 0.05) is 12.6 Å². The molecule has 2 unspecified atom stereocenters. The van der Waals surface area contributed by atoms with Crippen molar-refractivity contribution in [1.82, 2.24) is 4.90 Å². The molecule has 0 radical (unpaired) electrons. The minimum Gasteiger partial charge on any atom is -0.330 e. The molecule has 0 aromatic carbocycles. The topological polar surface area (TPSA) is 29.3 Å². The molecule has 2 atom stereocenters. The predicted molar refractivity (Wildman–Crippen MR) is 66.2 cm³/mol. The maximum absolute atomic E-state index is 5.71. The lowest BCUT2D eigenvalue weighted by Crippen LogP contribution is -2.33. The molecule has 2 nitrogen and oxygen atoms in total. The Morgan fingerprint density at radius 2 is 2.53 bits per heavy atom. The first kappa shape index (κ1) is 11.1. The lowest BCUT2D eigenvalue weighted by Gasteiger charge is -2.23. The van der Waals surface area contributed by atoms with E-state index in [4.69, 9.17) is 5.73 Å². The quantitative estimate of drug-likeness (QED) is 0.847. The molecule has 0 bridgehead atoms. The summed E-state index contributed by atoms with van der Waals surface area (Å²) in [6, 6.07) is 2.90. The fourth-order valence-corrected chi connectivity index (χ4v) is 3.02. The summed E-state index contributed by atoms with van der Waals surface area (Å²) < 4.78 is 0. The number of hydrogen-bond donors (Lipinski definition) is 1. The van der Waals surface area contributed by atoms with Gasteiger partial charge in [-0.15, -0.1) is 0 Å². The molecular weight excluding hydrogens is 204 g/mol. The largest absolute Gasteiger partial charge is 0.330 e. The number of hydrogen-bond acceptors (Lipinski definition) is 3. The number of nitrogens with zero attached hydrogens (tertiary/aromatic N) is 1. The van der Waals surface area contributed by atoms with Gasteiger partial charge in [-0.05, 0) is 61.2 Å². The van der Waals surface area contributed by atoms with Crippen LogP contribution in [0.2, 0.25) is 0 Å². The van der Waals surface area contributed by atoms with Crippen LogP contribution in [0.25, 0.3) is 0 Å². The van der Waals surface area contributed by atoms with E-state index < -0.39 is 0 Å². The summed E-state index contributed by atoms with van der Waals surface area (Å²) in [6.07, 6.45) is 2.46. The summed E-state index contributed by atoms with van der Waals surface area (Å²) in [4.78, 5) is 2.58. The molecule has 0 saturated carbocycles. The Morgan fingerprint density at radius 3 is 3.13 bits per heavy atom. The molecule has 0 spiro atoms. The Kier molecular flexibility index (Phi) is 3.78. The second kappa shape index (κ2) is 5.10. The van der Waals surface area contributed by atoms with E-state index in [9.17, 15) is 0 Å². The first-order valence-electron chi connectivity index (χ1n) is 5.74. The SMILES string of the molecule is CC(Cc1ccsc1)N1CCC(CN)C1. The standard InChI is InChI=1S/C12H20N2S/c1-10(6-11-3-5-15-9-11)14-4-2-12(7-13)8-14/h3,5,9-10,12H,2,4,6-8,13H2,1H3. The molecule has 1 aromatic heterocycles. The van der Waals surface area contributed by atoms with Crippen molar-refractivity contribution in [2.75, 3.05) is 19.6 Å². The second-order valence-corrected chi connectivity index (χ2v) is 5.35. The van der Waals surface area contributed by atoms with Gasteiger partial charge >= 0.3 is 0 Å². The summed E-state index contributed by atoms with van der Waals surface area (Å²) in [7, 11) is 0. The maximum atomic E-state index is 5.71. The van der Waals surface area contributed by atoms with E-state index >= 15 is 0 Å². The molecular formula is C12H20N2S. The van der Waals surface area contributed by atoms with Crippen LogP contribution in [0, 0.1) is 5.92 Å². The van der Waals surface area contributed by atoms with Crippen molar-refractivity contribution in [2.45, 2.75) is 25.8 Å². The fourth-order valence-electron chi connectivity index (χ4n) is 2.33. The lowest BCUT2D eigenvalue weighted by atomic mass is 10.1. The minimum absolute atomic E-state index is 0.663. The fraction of sp³-hybridized carbons (Fsp3) is 0.667. The third-order valence-electron chi connectivity index (χ3n) is 3.39. The van der Waals surface area contributed by atoms with Crippen molar-refractivity contribution in [3.05, 3.63) is 22.4 Å². The molecule has 0 amide bonds. The Balaban J connectivity index is 1.84. The van der Waals surface area contributed by atoms with Crippen LogP contribution in [0.15, 0.2) is 16.8 Å². The zero-order valence-electron chi connectivity index (χ0n) is 9.36. The zero-order chi connectivity index (χ0) is 10.7. The molecule has 1 aromatic rings. The van der Waals surface area contributed by atoms with Crippen LogP contribution in [0.5, 0.6) is 0 Å². The third-order valence-corrected chi connectivity index (χ3v) is 4.12. The molecule has 1 aliphatic heterocycles. The number of thiophene rings is 1. The normalized spacial score (nSPS) is 24.5. The molecule has 3 heteroatoms. The van der Waals surface area contributed by atoms with Gasteiger partial charge in [0.25, 0.3) is 0 Å². The highest BCUT2D eigenvalue weighted by Crippen LogP contribution is 2.20. The van der Waals surface area contributed by atoms with Crippen molar-refractivity contribution >= 4 is 11.3 Å². The van der Waals surface area contributed by atoms with Crippen molar-refractivity contribution in [3.63, 3.8) is 0 Å². The molecule has 1 aliphatic rings. The Bertz CT molecular complexity index is 284. The van der Waals surface area contributed by atoms with E-state index in [0.29, 0.717) is 6.04 Å². The summed E-state index contributed by atoms with van der Waals surface area (Å²) >= 11 is 1.79. The van der Waals surface area contributed by atoms with Crippen LogP contribution in [0.1, 0.15) is 18.9 Å². The van der Waals surface area contributed by atoms with Gasteiger partial charge in [-0.3, -0.25) is 4.90 Å². The summed E-state index contributed by atoms with van der Waals surface area (Å²) in [5, 5.41) is 4.42. The average molecular weight is 224 g/mol. The summed E-state index contributed by atoms with van der Waals surface area (Å²) in [5.41, 5.74) is 7.18.